The Hall–Kier alpha value is -0.160. The first-order valence-corrected chi connectivity index (χ1v) is 10.6. The largest absolute Gasteiger partial charge is 0.0719 e. The third-order valence-corrected chi connectivity index (χ3v) is 10.0. The van der Waals surface area contributed by atoms with E-state index in [4.69, 9.17) is 0 Å². The second-order valence-corrected chi connectivity index (χ2v) is 10.1. The van der Waals surface area contributed by atoms with Crippen molar-refractivity contribution in [1.29, 1.82) is 0 Å². The molecule has 1 saturated heterocycles. The van der Waals surface area contributed by atoms with Crippen LogP contribution in [0, 0.1) is 0 Å². The van der Waals surface area contributed by atoms with Gasteiger partial charge < -0.3 is 0 Å². The molecule has 1 aliphatic rings. The number of hydrogen-bond donors (Lipinski definition) is 0. The third-order valence-electron chi connectivity index (χ3n) is 2.84. The zero-order valence-corrected chi connectivity index (χ0v) is 12.8. The summed E-state index contributed by atoms with van der Waals surface area (Å²) in [5.74, 6) is 0. The van der Waals surface area contributed by atoms with Crippen LogP contribution in [-0.4, -0.2) is 0 Å². The highest BCUT2D eigenvalue weighted by molar-refractivity contribution is 9.26. The van der Waals surface area contributed by atoms with Crippen LogP contribution < -0.4 is 0 Å². The SMILES string of the molecule is c1ccc([C@H]2SSSS[C@H]2c2ccccc2)cc1. The van der Waals surface area contributed by atoms with Crippen molar-refractivity contribution in [2.75, 3.05) is 0 Å². The van der Waals surface area contributed by atoms with Gasteiger partial charge in [0.1, 0.15) is 0 Å². The monoisotopic (exact) mass is 308 g/mol. The van der Waals surface area contributed by atoms with Crippen LogP contribution in [-0.2, 0) is 0 Å². The molecular formula is C14H12S4. The van der Waals surface area contributed by atoms with E-state index in [0.29, 0.717) is 10.5 Å². The maximum Gasteiger partial charge on any atom is 0.0577 e. The average Bonchev–Trinajstić information content (AvgIpc) is 2.49. The van der Waals surface area contributed by atoms with Gasteiger partial charge in [-0.25, -0.2) is 0 Å². The average molecular weight is 309 g/mol. The van der Waals surface area contributed by atoms with E-state index >= 15 is 0 Å². The Bertz CT molecular complexity index is 438. The number of hydrogen-bond acceptors (Lipinski definition) is 4. The highest BCUT2D eigenvalue weighted by Gasteiger charge is 2.30. The molecule has 0 saturated carbocycles. The molecule has 92 valence electrons. The number of rotatable bonds is 2. The van der Waals surface area contributed by atoms with E-state index in [-0.39, 0.29) is 0 Å². The van der Waals surface area contributed by atoms with Crippen LogP contribution in [0.1, 0.15) is 21.6 Å². The van der Waals surface area contributed by atoms with E-state index in [1.54, 1.807) is 0 Å². The molecule has 2 atom stereocenters. The van der Waals surface area contributed by atoms with Crippen molar-refractivity contribution >= 4 is 41.2 Å². The van der Waals surface area contributed by atoms with Gasteiger partial charge in [0.25, 0.3) is 0 Å². The molecule has 18 heavy (non-hydrogen) atoms. The normalized spacial score (nSPS) is 23.8. The fraction of sp³-hybridized carbons (Fsp3) is 0.143. The zero-order valence-electron chi connectivity index (χ0n) is 9.56. The van der Waals surface area contributed by atoms with Crippen molar-refractivity contribution in [3.63, 3.8) is 0 Å². The molecule has 0 aliphatic carbocycles. The minimum atomic E-state index is 0.532. The van der Waals surface area contributed by atoms with Gasteiger partial charge in [-0.15, -0.1) is 0 Å². The van der Waals surface area contributed by atoms with E-state index in [1.807, 2.05) is 41.2 Å². The van der Waals surface area contributed by atoms with Gasteiger partial charge in [-0.1, -0.05) is 82.3 Å². The van der Waals surface area contributed by atoms with Crippen molar-refractivity contribution < 1.29 is 0 Å². The highest BCUT2D eigenvalue weighted by atomic mass is 33.7. The first-order chi connectivity index (χ1) is 8.95. The lowest BCUT2D eigenvalue weighted by Gasteiger charge is -2.29. The van der Waals surface area contributed by atoms with Crippen molar-refractivity contribution in [3.8, 4) is 0 Å². The zero-order chi connectivity index (χ0) is 12.2. The Morgan fingerprint density at radius 3 is 1.33 bits per heavy atom. The summed E-state index contributed by atoms with van der Waals surface area (Å²) in [4.78, 5) is 0. The summed E-state index contributed by atoms with van der Waals surface area (Å²) in [5, 5.41) is 1.06. The van der Waals surface area contributed by atoms with Crippen molar-refractivity contribution in [2.45, 2.75) is 10.5 Å². The summed E-state index contributed by atoms with van der Waals surface area (Å²) in [6, 6.07) is 21.7. The van der Waals surface area contributed by atoms with Gasteiger partial charge in [-0.3, -0.25) is 0 Å². The maximum absolute atomic E-state index is 2.24. The topological polar surface area (TPSA) is 0 Å². The van der Waals surface area contributed by atoms with Crippen LogP contribution in [0.25, 0.3) is 0 Å². The molecule has 4 heteroatoms. The van der Waals surface area contributed by atoms with E-state index in [9.17, 15) is 0 Å². The smallest absolute Gasteiger partial charge is 0.0577 e. The predicted octanol–water partition coefficient (Wildman–Crippen LogP) is 6.16. The van der Waals surface area contributed by atoms with Crippen LogP contribution in [0.4, 0.5) is 0 Å². The molecule has 3 rings (SSSR count). The van der Waals surface area contributed by atoms with Gasteiger partial charge >= 0.3 is 0 Å². The molecule has 0 aromatic heterocycles. The Morgan fingerprint density at radius 2 is 0.944 bits per heavy atom. The van der Waals surface area contributed by atoms with Gasteiger partial charge in [0.15, 0.2) is 0 Å². The van der Waals surface area contributed by atoms with Gasteiger partial charge in [0.05, 0.1) is 10.5 Å². The van der Waals surface area contributed by atoms with Gasteiger partial charge in [0.2, 0.25) is 0 Å². The maximum atomic E-state index is 2.24. The standard InChI is InChI=1S/C14H12S4/c1-3-7-11(8-4-1)13-14(16-18-17-15-13)12-9-5-2-6-10-12/h1-10,13-14H/t13-,14+. The third kappa shape index (κ3) is 2.87. The van der Waals surface area contributed by atoms with Crippen molar-refractivity contribution in [3.05, 3.63) is 71.8 Å². The Balaban J connectivity index is 1.92. The lowest BCUT2D eigenvalue weighted by atomic mass is 10.0. The summed E-state index contributed by atoms with van der Waals surface area (Å²) in [5.41, 5.74) is 2.85. The first kappa shape index (κ1) is 12.9. The summed E-state index contributed by atoms with van der Waals surface area (Å²) in [6.45, 7) is 0. The quantitative estimate of drug-likeness (QED) is 0.609. The summed E-state index contributed by atoms with van der Waals surface area (Å²) >= 11 is 0. The lowest BCUT2D eigenvalue weighted by Crippen LogP contribution is -2.05. The molecule has 0 unspecified atom stereocenters. The fourth-order valence-electron chi connectivity index (χ4n) is 1.96. The van der Waals surface area contributed by atoms with Gasteiger partial charge in [0, 0.05) is 0 Å². The second-order valence-electron chi connectivity index (χ2n) is 3.99. The van der Waals surface area contributed by atoms with Crippen LogP contribution in [0.15, 0.2) is 60.7 Å². The highest BCUT2D eigenvalue weighted by Crippen LogP contribution is 2.66. The molecule has 2 aromatic carbocycles. The molecule has 0 spiro atoms. The van der Waals surface area contributed by atoms with Crippen LogP contribution in [0.5, 0.6) is 0 Å². The first-order valence-electron chi connectivity index (χ1n) is 5.70. The van der Waals surface area contributed by atoms with Crippen LogP contribution >= 0.6 is 41.2 Å². The Labute approximate surface area is 123 Å². The van der Waals surface area contributed by atoms with E-state index < -0.39 is 0 Å². The summed E-state index contributed by atoms with van der Waals surface area (Å²) < 4.78 is 0. The molecular weight excluding hydrogens is 296 g/mol. The van der Waals surface area contributed by atoms with Crippen LogP contribution in [0.3, 0.4) is 0 Å². The molecule has 1 fully saturated rings. The second kappa shape index (κ2) is 6.33. The minimum Gasteiger partial charge on any atom is -0.0719 e. The molecule has 0 radical (unpaired) electrons. The van der Waals surface area contributed by atoms with E-state index in [2.05, 4.69) is 60.7 Å². The molecule has 0 nitrogen and oxygen atoms in total. The summed E-state index contributed by atoms with van der Waals surface area (Å²) in [6.07, 6.45) is 0. The van der Waals surface area contributed by atoms with Crippen LogP contribution in [0.2, 0.25) is 0 Å². The molecule has 2 aromatic rings. The molecule has 1 heterocycles. The summed E-state index contributed by atoms with van der Waals surface area (Å²) in [7, 11) is 7.74. The van der Waals surface area contributed by atoms with Crippen molar-refractivity contribution in [1.82, 2.24) is 0 Å². The lowest BCUT2D eigenvalue weighted by molar-refractivity contribution is 0.917. The van der Waals surface area contributed by atoms with Gasteiger partial charge in [-0.2, -0.15) is 0 Å². The fourth-order valence-corrected chi connectivity index (χ4v) is 9.87. The Morgan fingerprint density at radius 1 is 0.556 bits per heavy atom. The molecule has 0 bridgehead atoms. The minimum absolute atomic E-state index is 0.532. The van der Waals surface area contributed by atoms with E-state index in [1.165, 1.54) is 11.1 Å². The Kier molecular flexibility index (Phi) is 4.52. The predicted molar refractivity (Wildman–Crippen MR) is 88.7 cm³/mol. The van der Waals surface area contributed by atoms with Gasteiger partial charge in [-0.05, 0) is 30.8 Å². The van der Waals surface area contributed by atoms with Crippen molar-refractivity contribution in [2.24, 2.45) is 0 Å². The number of benzene rings is 2. The molecule has 0 N–H and O–H groups in total. The molecule has 0 amide bonds. The van der Waals surface area contributed by atoms with E-state index in [0.717, 1.165) is 0 Å². The molecule has 1 aliphatic heterocycles.